The fraction of sp³-hybridized carbons (Fsp3) is 0.750. The lowest BCUT2D eigenvalue weighted by molar-refractivity contribution is 0.149. The van der Waals surface area contributed by atoms with E-state index in [9.17, 15) is 8.42 Å². The van der Waals surface area contributed by atoms with Crippen molar-refractivity contribution in [3.05, 3.63) is 17.5 Å². The molecule has 1 aliphatic rings. The van der Waals surface area contributed by atoms with Gasteiger partial charge in [-0.1, -0.05) is 5.16 Å². The highest BCUT2D eigenvalue weighted by molar-refractivity contribution is 14.0. The van der Waals surface area contributed by atoms with E-state index in [4.69, 9.17) is 9.26 Å². The quantitative estimate of drug-likeness (QED) is 0.229. The first-order valence-electron chi connectivity index (χ1n) is 8.73. The number of piperazine rings is 1. The van der Waals surface area contributed by atoms with Gasteiger partial charge in [0.15, 0.2) is 5.96 Å². The van der Waals surface area contributed by atoms with Gasteiger partial charge in [0.25, 0.3) is 0 Å². The zero-order valence-corrected chi connectivity index (χ0v) is 19.3. The molecular weight excluding hydrogens is 485 g/mol. The Balaban J connectivity index is 0.00000364. The van der Waals surface area contributed by atoms with Crippen LogP contribution in [0.4, 0.5) is 0 Å². The Kier molecular flexibility index (Phi) is 10.6. The lowest BCUT2D eigenvalue weighted by atomic mass is 10.3. The Labute approximate surface area is 178 Å². The predicted octanol–water partition coefficient (Wildman–Crippen LogP) is 0.355. The molecule has 0 aliphatic carbocycles. The number of halogens is 1. The Bertz CT molecular complexity index is 687. The molecule has 1 aromatic rings. The maximum Gasteiger partial charge on any atom is 0.193 e. The second kappa shape index (κ2) is 11.8. The zero-order chi connectivity index (χ0) is 19.0. The van der Waals surface area contributed by atoms with Gasteiger partial charge in [-0.15, -0.1) is 24.0 Å². The summed E-state index contributed by atoms with van der Waals surface area (Å²) in [6, 6.07) is 1.97. The van der Waals surface area contributed by atoms with Gasteiger partial charge in [0.05, 0.1) is 24.7 Å². The number of nitrogens with one attached hydrogen (secondary N) is 1. The summed E-state index contributed by atoms with van der Waals surface area (Å²) in [5.74, 6) is 1.73. The van der Waals surface area contributed by atoms with Crippen molar-refractivity contribution < 1.29 is 17.7 Å². The van der Waals surface area contributed by atoms with Crippen molar-refractivity contribution in [2.45, 2.75) is 13.5 Å². The molecule has 1 saturated heterocycles. The van der Waals surface area contributed by atoms with E-state index in [-0.39, 0.29) is 36.3 Å². The van der Waals surface area contributed by atoms with E-state index in [1.54, 1.807) is 7.05 Å². The van der Waals surface area contributed by atoms with Crippen molar-refractivity contribution in [1.82, 2.24) is 20.3 Å². The molecule has 2 rings (SSSR count). The van der Waals surface area contributed by atoms with Crippen LogP contribution in [0.5, 0.6) is 0 Å². The lowest BCUT2D eigenvalue weighted by Crippen LogP contribution is -2.52. The summed E-state index contributed by atoms with van der Waals surface area (Å²) in [4.78, 5) is 8.87. The van der Waals surface area contributed by atoms with Crippen LogP contribution < -0.4 is 5.32 Å². The normalized spacial score (nSPS) is 16.3. The monoisotopic (exact) mass is 515 g/mol. The molecule has 9 nitrogen and oxygen atoms in total. The molecule has 0 saturated carbocycles. The minimum absolute atomic E-state index is 0. The third kappa shape index (κ3) is 9.21. The third-order valence-electron chi connectivity index (χ3n) is 4.07. The second-order valence-corrected chi connectivity index (χ2v) is 8.67. The number of hydrogen-bond donors (Lipinski definition) is 1. The highest BCUT2D eigenvalue weighted by Crippen LogP contribution is 2.09. The van der Waals surface area contributed by atoms with Crippen molar-refractivity contribution in [2.75, 3.05) is 65.0 Å². The number of guanidine groups is 1. The first-order valence-corrected chi connectivity index (χ1v) is 10.8. The van der Waals surface area contributed by atoms with Crippen LogP contribution in [0, 0.1) is 6.92 Å². The highest BCUT2D eigenvalue weighted by atomic mass is 127. The smallest absolute Gasteiger partial charge is 0.193 e. The summed E-state index contributed by atoms with van der Waals surface area (Å²) in [5.41, 5.74) is 0.963. The SMILES string of the molecule is CN=C(NCCOCCS(C)(=O)=O)N1CCN(Cc2cc(C)on2)CC1.I. The number of ether oxygens (including phenoxy) is 1. The van der Waals surface area contributed by atoms with Gasteiger partial charge >= 0.3 is 0 Å². The van der Waals surface area contributed by atoms with Gasteiger partial charge in [0, 0.05) is 58.6 Å². The van der Waals surface area contributed by atoms with Gasteiger partial charge in [-0.2, -0.15) is 0 Å². The molecule has 27 heavy (non-hydrogen) atoms. The number of aryl methyl sites for hydroxylation is 1. The van der Waals surface area contributed by atoms with Crippen LogP contribution in [0.2, 0.25) is 0 Å². The van der Waals surface area contributed by atoms with Crippen LogP contribution in [0.25, 0.3) is 0 Å². The van der Waals surface area contributed by atoms with Crippen LogP contribution in [0.15, 0.2) is 15.6 Å². The molecule has 11 heteroatoms. The molecule has 0 spiro atoms. The molecule has 1 aromatic heterocycles. The minimum Gasteiger partial charge on any atom is -0.379 e. The number of aromatic nitrogens is 1. The largest absolute Gasteiger partial charge is 0.379 e. The van der Waals surface area contributed by atoms with Crippen molar-refractivity contribution in [1.29, 1.82) is 0 Å². The number of sulfone groups is 1. The average Bonchev–Trinajstić information content (AvgIpc) is 2.99. The van der Waals surface area contributed by atoms with Gasteiger partial charge in [-0.3, -0.25) is 9.89 Å². The summed E-state index contributed by atoms with van der Waals surface area (Å²) < 4.78 is 32.5. The van der Waals surface area contributed by atoms with Crippen LogP contribution in [0.1, 0.15) is 11.5 Å². The fourth-order valence-corrected chi connectivity index (χ4v) is 3.14. The molecular formula is C16H30IN5O4S. The van der Waals surface area contributed by atoms with Crippen molar-refractivity contribution in [3.63, 3.8) is 0 Å². The van der Waals surface area contributed by atoms with E-state index < -0.39 is 9.84 Å². The second-order valence-electron chi connectivity index (χ2n) is 6.41. The summed E-state index contributed by atoms with van der Waals surface area (Å²) in [7, 11) is -1.21. The molecule has 0 bridgehead atoms. The topological polar surface area (TPSA) is 100 Å². The summed E-state index contributed by atoms with van der Waals surface area (Å²) in [6.07, 6.45) is 1.21. The molecule has 1 fully saturated rings. The van der Waals surface area contributed by atoms with Crippen LogP contribution in [-0.2, 0) is 21.1 Å². The van der Waals surface area contributed by atoms with E-state index in [1.807, 2.05) is 13.0 Å². The molecule has 0 unspecified atom stereocenters. The molecule has 0 amide bonds. The minimum atomic E-state index is -2.97. The molecule has 0 radical (unpaired) electrons. The maximum absolute atomic E-state index is 11.0. The van der Waals surface area contributed by atoms with Gasteiger partial charge in [0.1, 0.15) is 15.6 Å². The van der Waals surface area contributed by atoms with E-state index in [2.05, 4.69) is 25.3 Å². The van der Waals surface area contributed by atoms with E-state index >= 15 is 0 Å². The van der Waals surface area contributed by atoms with E-state index in [0.717, 1.165) is 50.1 Å². The summed E-state index contributed by atoms with van der Waals surface area (Å²) >= 11 is 0. The number of rotatable bonds is 8. The highest BCUT2D eigenvalue weighted by Gasteiger charge is 2.20. The predicted molar refractivity (Wildman–Crippen MR) is 115 cm³/mol. The van der Waals surface area contributed by atoms with Crippen LogP contribution in [0.3, 0.4) is 0 Å². The lowest BCUT2D eigenvalue weighted by Gasteiger charge is -2.36. The van der Waals surface area contributed by atoms with E-state index in [0.29, 0.717) is 13.2 Å². The Morgan fingerprint density at radius 1 is 1.33 bits per heavy atom. The molecule has 0 aromatic carbocycles. The molecule has 156 valence electrons. The number of hydrogen-bond acceptors (Lipinski definition) is 7. The number of aliphatic imine (C=N–C) groups is 1. The van der Waals surface area contributed by atoms with E-state index in [1.165, 1.54) is 6.26 Å². The van der Waals surface area contributed by atoms with Crippen molar-refractivity contribution >= 4 is 39.8 Å². The van der Waals surface area contributed by atoms with Gasteiger partial charge in [0.2, 0.25) is 0 Å². The fourth-order valence-electron chi connectivity index (χ4n) is 2.72. The maximum atomic E-state index is 11.0. The Morgan fingerprint density at radius 3 is 2.59 bits per heavy atom. The van der Waals surface area contributed by atoms with Crippen LogP contribution >= 0.6 is 24.0 Å². The summed E-state index contributed by atoms with van der Waals surface area (Å²) in [6.45, 7) is 7.57. The Morgan fingerprint density at radius 2 is 2.04 bits per heavy atom. The third-order valence-corrected chi connectivity index (χ3v) is 4.98. The molecule has 0 atom stereocenters. The zero-order valence-electron chi connectivity index (χ0n) is 16.2. The average molecular weight is 515 g/mol. The van der Waals surface area contributed by atoms with Gasteiger partial charge in [-0.25, -0.2) is 8.42 Å². The Hall–Kier alpha value is -0.920. The molecule has 1 N–H and O–H groups in total. The first-order chi connectivity index (χ1) is 12.4. The van der Waals surface area contributed by atoms with Gasteiger partial charge < -0.3 is 19.5 Å². The van der Waals surface area contributed by atoms with Crippen LogP contribution in [-0.4, -0.2) is 94.3 Å². The first kappa shape index (κ1) is 24.1. The molecule has 2 heterocycles. The standard InChI is InChI=1S/C16H29N5O4S.HI/c1-14-12-15(19-25-14)13-20-5-7-21(8-6-20)16(17-2)18-4-9-24-10-11-26(3,22)23;/h12H,4-11,13H2,1-3H3,(H,17,18);1H. The number of nitrogens with zero attached hydrogens (tertiary/aromatic N) is 4. The molecule has 1 aliphatic heterocycles. The van der Waals surface area contributed by atoms with Crippen molar-refractivity contribution in [3.8, 4) is 0 Å². The summed E-state index contributed by atoms with van der Waals surface area (Å²) in [5, 5.41) is 7.30. The van der Waals surface area contributed by atoms with Crippen molar-refractivity contribution in [2.24, 2.45) is 4.99 Å². The van der Waals surface area contributed by atoms with Gasteiger partial charge in [-0.05, 0) is 6.92 Å².